The van der Waals surface area contributed by atoms with Crippen molar-refractivity contribution in [2.45, 2.75) is 13.2 Å². The van der Waals surface area contributed by atoms with Crippen LogP contribution < -0.4 is 10.8 Å². The molecule has 3 rings (SSSR count). The van der Waals surface area contributed by atoms with Gasteiger partial charge in [0, 0.05) is 18.9 Å². The molecule has 5 nitrogen and oxygen atoms in total. The van der Waals surface area contributed by atoms with Gasteiger partial charge in [-0.05, 0) is 34.8 Å². The van der Waals surface area contributed by atoms with Crippen molar-refractivity contribution < 1.29 is 18.9 Å². The molecule has 1 aliphatic rings. The van der Waals surface area contributed by atoms with Gasteiger partial charge in [-0.2, -0.15) is 0 Å². The van der Waals surface area contributed by atoms with Gasteiger partial charge >= 0.3 is 7.12 Å². The Bertz CT molecular complexity index is 681. The summed E-state index contributed by atoms with van der Waals surface area (Å²) in [5, 5.41) is 12.2. The number of hydrogen-bond donors (Lipinski definition) is 2. The molecule has 0 fully saturated rings. The summed E-state index contributed by atoms with van der Waals surface area (Å²) in [6.07, 6.45) is 3.25. The van der Waals surface area contributed by atoms with Gasteiger partial charge < -0.3 is 15.0 Å². The van der Waals surface area contributed by atoms with Gasteiger partial charge in [-0.25, -0.2) is 4.39 Å². The molecule has 1 amide bonds. The van der Waals surface area contributed by atoms with Gasteiger partial charge in [-0.3, -0.25) is 9.78 Å². The summed E-state index contributed by atoms with van der Waals surface area (Å²) in [4.78, 5) is 16.0. The third kappa shape index (κ3) is 2.79. The number of nitrogens with one attached hydrogen (secondary N) is 1. The maximum Gasteiger partial charge on any atom is 0.491 e. The summed E-state index contributed by atoms with van der Waals surface area (Å²) in [6, 6.07) is 6.13. The number of amides is 1. The molecule has 0 bridgehead atoms. The number of pyridine rings is 1. The summed E-state index contributed by atoms with van der Waals surface area (Å²) in [5.74, 6) is -1.17. The Morgan fingerprint density at radius 1 is 1.52 bits per heavy atom. The number of halogens is 1. The molecule has 106 valence electrons. The molecule has 2 N–H and O–H groups in total. The Balaban J connectivity index is 1.77. The summed E-state index contributed by atoms with van der Waals surface area (Å²) in [7, 11) is -1.11. The van der Waals surface area contributed by atoms with E-state index in [2.05, 4.69) is 10.3 Å². The van der Waals surface area contributed by atoms with Gasteiger partial charge in [-0.15, -0.1) is 0 Å². The van der Waals surface area contributed by atoms with Crippen LogP contribution in [0, 0.1) is 5.82 Å². The first-order valence-corrected chi connectivity index (χ1v) is 6.44. The lowest BCUT2D eigenvalue weighted by molar-refractivity contribution is 0.0947. The highest BCUT2D eigenvalue weighted by atomic mass is 19.1. The summed E-state index contributed by atoms with van der Waals surface area (Å²) >= 11 is 0. The van der Waals surface area contributed by atoms with Crippen LogP contribution in [0.1, 0.15) is 21.5 Å². The van der Waals surface area contributed by atoms with Gasteiger partial charge in [0.25, 0.3) is 5.91 Å². The first kappa shape index (κ1) is 13.7. The molecule has 1 aliphatic heterocycles. The van der Waals surface area contributed by atoms with E-state index in [1.54, 1.807) is 18.5 Å². The van der Waals surface area contributed by atoms with Crippen molar-refractivity contribution in [2.24, 2.45) is 0 Å². The first-order valence-electron chi connectivity index (χ1n) is 6.44. The molecule has 2 aromatic rings. The van der Waals surface area contributed by atoms with Crippen LogP contribution in [0.4, 0.5) is 4.39 Å². The third-order valence-electron chi connectivity index (χ3n) is 3.31. The zero-order valence-electron chi connectivity index (χ0n) is 11.0. The lowest BCUT2D eigenvalue weighted by Crippen LogP contribution is -2.31. The van der Waals surface area contributed by atoms with Crippen LogP contribution in [0.2, 0.25) is 0 Å². The van der Waals surface area contributed by atoms with E-state index in [1.165, 1.54) is 12.1 Å². The Labute approximate surface area is 120 Å². The van der Waals surface area contributed by atoms with E-state index in [9.17, 15) is 14.2 Å². The van der Waals surface area contributed by atoms with Gasteiger partial charge in [-0.1, -0.05) is 6.07 Å². The van der Waals surface area contributed by atoms with Gasteiger partial charge in [0.15, 0.2) is 0 Å². The fraction of sp³-hybridized carbons (Fsp3) is 0.143. The standard InChI is InChI=1S/C14H12BFN2O3/c16-13-4-10-8-21-15(20)12(10)5-11(13)14(19)18-7-9-2-1-3-17-6-9/h1-6,20H,7-8H2,(H,18,19). The van der Waals surface area contributed by atoms with Crippen LogP contribution in [0.5, 0.6) is 0 Å². The molecule has 0 radical (unpaired) electrons. The van der Waals surface area contributed by atoms with Crippen molar-refractivity contribution in [3.63, 3.8) is 0 Å². The lowest BCUT2D eigenvalue weighted by atomic mass is 9.78. The normalized spacial score (nSPS) is 13.1. The van der Waals surface area contributed by atoms with Crippen LogP contribution >= 0.6 is 0 Å². The highest BCUT2D eigenvalue weighted by molar-refractivity contribution is 6.61. The Morgan fingerprint density at radius 3 is 3.14 bits per heavy atom. The number of nitrogens with zero attached hydrogens (tertiary/aromatic N) is 1. The van der Waals surface area contributed by atoms with E-state index in [4.69, 9.17) is 4.65 Å². The zero-order chi connectivity index (χ0) is 14.8. The Hall–Kier alpha value is -2.25. The monoisotopic (exact) mass is 286 g/mol. The SMILES string of the molecule is O=C(NCc1cccnc1)c1cc2c(cc1F)COB2O. The predicted octanol–water partition coefficient (Wildman–Crippen LogP) is 0.368. The predicted molar refractivity (Wildman–Crippen MR) is 74.2 cm³/mol. The van der Waals surface area contributed by atoms with Crippen molar-refractivity contribution in [3.8, 4) is 0 Å². The second kappa shape index (κ2) is 5.63. The maximum absolute atomic E-state index is 13.9. The molecule has 0 saturated heterocycles. The largest absolute Gasteiger partial charge is 0.491 e. The van der Waals surface area contributed by atoms with Crippen LogP contribution in [-0.4, -0.2) is 23.0 Å². The Morgan fingerprint density at radius 2 is 2.38 bits per heavy atom. The molecule has 0 aliphatic carbocycles. The van der Waals surface area contributed by atoms with Crippen molar-refractivity contribution in [2.75, 3.05) is 0 Å². The molecule has 2 heterocycles. The van der Waals surface area contributed by atoms with E-state index in [0.29, 0.717) is 11.0 Å². The second-order valence-corrected chi connectivity index (χ2v) is 4.74. The highest BCUT2D eigenvalue weighted by Gasteiger charge is 2.29. The maximum atomic E-state index is 13.9. The van der Waals surface area contributed by atoms with Crippen LogP contribution in [-0.2, 0) is 17.8 Å². The van der Waals surface area contributed by atoms with E-state index in [-0.39, 0.29) is 18.7 Å². The van der Waals surface area contributed by atoms with Gasteiger partial charge in [0.2, 0.25) is 0 Å². The molecule has 0 unspecified atom stereocenters. The van der Waals surface area contributed by atoms with E-state index in [1.807, 2.05) is 6.07 Å². The topological polar surface area (TPSA) is 71.5 Å². The quantitative estimate of drug-likeness (QED) is 0.800. The zero-order valence-corrected chi connectivity index (χ0v) is 11.0. The van der Waals surface area contributed by atoms with Crippen LogP contribution in [0.25, 0.3) is 0 Å². The summed E-state index contributed by atoms with van der Waals surface area (Å²) in [6.45, 7) is 0.396. The second-order valence-electron chi connectivity index (χ2n) is 4.74. The van der Waals surface area contributed by atoms with Gasteiger partial charge in [0.1, 0.15) is 5.82 Å². The molecular weight excluding hydrogens is 274 g/mol. The molecule has 1 aromatic carbocycles. The molecule has 7 heteroatoms. The fourth-order valence-corrected chi connectivity index (χ4v) is 2.20. The van der Waals surface area contributed by atoms with Crippen LogP contribution in [0.15, 0.2) is 36.7 Å². The number of carbonyl (C=O) groups is 1. The number of benzene rings is 1. The van der Waals surface area contributed by atoms with E-state index >= 15 is 0 Å². The molecular formula is C14H12BFN2O3. The van der Waals surface area contributed by atoms with Crippen molar-refractivity contribution >= 4 is 18.5 Å². The average Bonchev–Trinajstić information content (AvgIpc) is 2.85. The molecule has 21 heavy (non-hydrogen) atoms. The molecule has 0 atom stereocenters. The summed E-state index contributed by atoms with van der Waals surface area (Å²) < 4.78 is 18.9. The van der Waals surface area contributed by atoms with Gasteiger partial charge in [0.05, 0.1) is 12.2 Å². The van der Waals surface area contributed by atoms with Crippen molar-refractivity contribution in [1.29, 1.82) is 0 Å². The third-order valence-corrected chi connectivity index (χ3v) is 3.31. The number of aromatic nitrogens is 1. The Kier molecular flexibility index (Phi) is 3.68. The summed E-state index contributed by atoms with van der Waals surface area (Å²) in [5.41, 5.74) is 1.70. The highest BCUT2D eigenvalue weighted by Crippen LogP contribution is 2.15. The molecule has 0 saturated carbocycles. The van der Waals surface area contributed by atoms with Crippen molar-refractivity contribution in [3.05, 3.63) is 59.2 Å². The minimum absolute atomic E-state index is 0.109. The first-order chi connectivity index (χ1) is 10.1. The average molecular weight is 286 g/mol. The number of carbonyl (C=O) groups excluding carboxylic acids is 1. The van der Waals surface area contributed by atoms with Crippen LogP contribution in [0.3, 0.4) is 0 Å². The smallest absolute Gasteiger partial charge is 0.423 e. The molecule has 1 aromatic heterocycles. The van der Waals surface area contributed by atoms with E-state index in [0.717, 1.165) is 5.56 Å². The van der Waals surface area contributed by atoms with E-state index < -0.39 is 18.8 Å². The minimum Gasteiger partial charge on any atom is -0.423 e. The fourth-order valence-electron chi connectivity index (χ4n) is 2.20. The number of rotatable bonds is 3. The number of fused-ring (bicyclic) bond motifs is 1. The lowest BCUT2D eigenvalue weighted by Gasteiger charge is -2.08. The minimum atomic E-state index is -1.11. The molecule has 0 spiro atoms. The van der Waals surface area contributed by atoms with Crippen molar-refractivity contribution in [1.82, 2.24) is 10.3 Å². The number of hydrogen-bond acceptors (Lipinski definition) is 4.